The van der Waals surface area contributed by atoms with Gasteiger partial charge in [-0.25, -0.2) is 0 Å². The number of rotatable bonds is 6. The highest BCUT2D eigenvalue weighted by Crippen LogP contribution is 2.26. The fourth-order valence-corrected chi connectivity index (χ4v) is 4.84. The molecule has 162 valence electrons. The van der Waals surface area contributed by atoms with Gasteiger partial charge in [-0.1, -0.05) is 5.16 Å². The average Bonchev–Trinajstić information content (AvgIpc) is 3.19. The predicted molar refractivity (Wildman–Crippen MR) is 115 cm³/mol. The van der Waals surface area contributed by atoms with E-state index in [9.17, 15) is 4.79 Å². The number of amides is 1. The second-order valence-corrected chi connectivity index (χ2v) is 8.83. The van der Waals surface area contributed by atoms with Crippen LogP contribution in [0.4, 0.5) is 0 Å². The van der Waals surface area contributed by atoms with Crippen LogP contribution in [0.15, 0.2) is 35.1 Å². The first-order chi connectivity index (χ1) is 14.6. The SMILES string of the molecule is Cc1cc(CN(C)C(=O)[C@@H]2CCCN(C3CCN(Cc4ccncc4)CC3)C2)on1. The van der Waals surface area contributed by atoms with Crippen LogP contribution >= 0.6 is 0 Å². The molecule has 2 saturated heterocycles. The summed E-state index contributed by atoms with van der Waals surface area (Å²) in [5, 5.41) is 3.92. The fourth-order valence-electron chi connectivity index (χ4n) is 4.84. The lowest BCUT2D eigenvalue weighted by atomic mass is 9.93. The number of pyridine rings is 1. The van der Waals surface area contributed by atoms with E-state index in [0.29, 0.717) is 12.6 Å². The molecule has 2 aliphatic heterocycles. The first kappa shape index (κ1) is 21.0. The van der Waals surface area contributed by atoms with Crippen LogP contribution in [0.5, 0.6) is 0 Å². The van der Waals surface area contributed by atoms with Crippen LogP contribution in [-0.2, 0) is 17.9 Å². The van der Waals surface area contributed by atoms with Gasteiger partial charge in [-0.2, -0.15) is 0 Å². The van der Waals surface area contributed by atoms with Gasteiger partial charge in [0.1, 0.15) is 0 Å². The van der Waals surface area contributed by atoms with Crippen molar-refractivity contribution in [2.45, 2.75) is 51.7 Å². The molecule has 7 nitrogen and oxygen atoms in total. The van der Waals surface area contributed by atoms with Gasteiger partial charge in [0.25, 0.3) is 0 Å². The van der Waals surface area contributed by atoms with Crippen LogP contribution in [0.1, 0.15) is 42.7 Å². The largest absolute Gasteiger partial charge is 0.359 e. The average molecular weight is 412 g/mol. The van der Waals surface area contributed by atoms with Gasteiger partial charge in [-0.3, -0.25) is 19.6 Å². The van der Waals surface area contributed by atoms with Crippen molar-refractivity contribution < 1.29 is 9.32 Å². The number of aryl methyl sites for hydroxylation is 1. The summed E-state index contributed by atoms with van der Waals surface area (Å²) in [5.41, 5.74) is 2.18. The van der Waals surface area contributed by atoms with E-state index >= 15 is 0 Å². The lowest BCUT2D eigenvalue weighted by Crippen LogP contribution is -2.50. The van der Waals surface area contributed by atoms with Gasteiger partial charge >= 0.3 is 0 Å². The predicted octanol–water partition coefficient (Wildman–Crippen LogP) is 2.71. The van der Waals surface area contributed by atoms with Crippen LogP contribution in [0, 0.1) is 12.8 Å². The van der Waals surface area contributed by atoms with Crippen molar-refractivity contribution in [2.24, 2.45) is 5.92 Å². The van der Waals surface area contributed by atoms with Crippen LogP contribution in [0.2, 0.25) is 0 Å². The summed E-state index contributed by atoms with van der Waals surface area (Å²) in [5.74, 6) is 1.06. The zero-order chi connectivity index (χ0) is 20.9. The lowest BCUT2D eigenvalue weighted by molar-refractivity contribution is -0.137. The minimum absolute atomic E-state index is 0.0858. The Hall–Kier alpha value is -2.25. The quantitative estimate of drug-likeness (QED) is 0.728. The summed E-state index contributed by atoms with van der Waals surface area (Å²) < 4.78 is 5.28. The molecule has 0 saturated carbocycles. The number of aromatic nitrogens is 2. The monoisotopic (exact) mass is 411 g/mol. The number of hydrogen-bond acceptors (Lipinski definition) is 6. The molecule has 0 aliphatic carbocycles. The normalized spacial score (nSPS) is 21.6. The van der Waals surface area contributed by atoms with Gasteiger partial charge in [0.05, 0.1) is 18.2 Å². The molecule has 0 unspecified atom stereocenters. The van der Waals surface area contributed by atoms with E-state index in [0.717, 1.165) is 57.0 Å². The highest BCUT2D eigenvalue weighted by molar-refractivity contribution is 5.78. The number of carbonyl (C=O) groups is 1. The molecule has 4 heterocycles. The number of carbonyl (C=O) groups excluding carboxylic acids is 1. The Balaban J connectivity index is 1.26. The van der Waals surface area contributed by atoms with E-state index in [1.807, 2.05) is 32.4 Å². The summed E-state index contributed by atoms with van der Waals surface area (Å²) in [4.78, 5) is 24.0. The van der Waals surface area contributed by atoms with E-state index in [1.54, 1.807) is 4.90 Å². The van der Waals surface area contributed by atoms with Crippen molar-refractivity contribution in [1.29, 1.82) is 0 Å². The van der Waals surface area contributed by atoms with Crippen molar-refractivity contribution in [2.75, 3.05) is 33.2 Å². The van der Waals surface area contributed by atoms with Crippen LogP contribution in [-0.4, -0.2) is 70.0 Å². The molecule has 0 radical (unpaired) electrons. The molecule has 2 aliphatic rings. The third kappa shape index (κ3) is 5.26. The Labute approximate surface area is 179 Å². The smallest absolute Gasteiger partial charge is 0.227 e. The van der Waals surface area contributed by atoms with Gasteiger partial charge in [0.15, 0.2) is 5.76 Å². The number of piperidine rings is 2. The topological polar surface area (TPSA) is 65.7 Å². The molecule has 0 spiro atoms. The molecule has 1 atom stereocenters. The molecule has 2 aromatic rings. The maximum absolute atomic E-state index is 13.0. The molecule has 0 aromatic carbocycles. The second kappa shape index (κ2) is 9.71. The third-order valence-corrected chi connectivity index (χ3v) is 6.48. The maximum Gasteiger partial charge on any atom is 0.227 e. The molecule has 7 heteroatoms. The Morgan fingerprint density at radius 2 is 1.97 bits per heavy atom. The molecule has 0 N–H and O–H groups in total. The standard InChI is InChI=1S/C23H33N5O2/c1-18-14-22(30-25-18)17-26(2)23(29)20-4-3-11-28(16-20)21-7-12-27(13-8-21)15-19-5-9-24-10-6-19/h5-6,9-10,14,20-21H,3-4,7-8,11-13,15-17H2,1-2H3/t20-/m1/s1. The van der Waals surface area contributed by atoms with Gasteiger partial charge < -0.3 is 9.42 Å². The summed E-state index contributed by atoms with van der Waals surface area (Å²) in [6.45, 7) is 7.62. The Morgan fingerprint density at radius 3 is 2.67 bits per heavy atom. The van der Waals surface area contributed by atoms with Crippen LogP contribution in [0.3, 0.4) is 0 Å². The van der Waals surface area contributed by atoms with E-state index in [-0.39, 0.29) is 11.8 Å². The molecular weight excluding hydrogens is 378 g/mol. The van der Waals surface area contributed by atoms with E-state index in [1.165, 1.54) is 18.4 Å². The van der Waals surface area contributed by atoms with Crippen molar-refractivity contribution in [3.8, 4) is 0 Å². The first-order valence-corrected chi connectivity index (χ1v) is 11.1. The Bertz CT molecular complexity index is 816. The number of nitrogens with zero attached hydrogens (tertiary/aromatic N) is 5. The zero-order valence-corrected chi connectivity index (χ0v) is 18.2. The lowest BCUT2D eigenvalue weighted by Gasteiger charge is -2.42. The summed E-state index contributed by atoms with van der Waals surface area (Å²) in [6.07, 6.45) is 8.18. The van der Waals surface area contributed by atoms with E-state index < -0.39 is 0 Å². The van der Waals surface area contributed by atoms with Crippen molar-refractivity contribution in [3.63, 3.8) is 0 Å². The maximum atomic E-state index is 13.0. The van der Waals surface area contributed by atoms with Gasteiger partial charge in [0.2, 0.25) is 5.91 Å². The number of hydrogen-bond donors (Lipinski definition) is 0. The molecule has 1 amide bonds. The second-order valence-electron chi connectivity index (χ2n) is 8.83. The Kier molecular flexibility index (Phi) is 6.79. The molecule has 4 rings (SSSR count). The highest BCUT2D eigenvalue weighted by Gasteiger charge is 2.33. The third-order valence-electron chi connectivity index (χ3n) is 6.48. The minimum atomic E-state index is 0.0858. The first-order valence-electron chi connectivity index (χ1n) is 11.1. The van der Waals surface area contributed by atoms with Crippen molar-refractivity contribution in [1.82, 2.24) is 24.8 Å². The van der Waals surface area contributed by atoms with Crippen LogP contribution < -0.4 is 0 Å². The molecule has 30 heavy (non-hydrogen) atoms. The van der Waals surface area contributed by atoms with Gasteiger partial charge in [-0.15, -0.1) is 0 Å². The summed E-state index contributed by atoms with van der Waals surface area (Å²) in [6, 6.07) is 6.69. The number of likely N-dealkylation sites (tertiary alicyclic amines) is 2. The summed E-state index contributed by atoms with van der Waals surface area (Å²) in [7, 11) is 1.87. The molecule has 2 aromatic heterocycles. The van der Waals surface area contributed by atoms with Crippen molar-refractivity contribution in [3.05, 3.63) is 47.6 Å². The zero-order valence-electron chi connectivity index (χ0n) is 18.2. The summed E-state index contributed by atoms with van der Waals surface area (Å²) >= 11 is 0. The van der Waals surface area contributed by atoms with Gasteiger partial charge in [-0.05, 0) is 69.9 Å². The van der Waals surface area contributed by atoms with Crippen LogP contribution in [0.25, 0.3) is 0 Å². The Morgan fingerprint density at radius 1 is 1.20 bits per heavy atom. The molecular formula is C23H33N5O2. The van der Waals surface area contributed by atoms with Crippen molar-refractivity contribution >= 4 is 5.91 Å². The van der Waals surface area contributed by atoms with Gasteiger partial charge in [0, 0.05) is 44.6 Å². The fraction of sp³-hybridized carbons (Fsp3) is 0.609. The molecule has 0 bridgehead atoms. The van der Waals surface area contributed by atoms with E-state index in [4.69, 9.17) is 4.52 Å². The van der Waals surface area contributed by atoms with E-state index in [2.05, 4.69) is 32.1 Å². The highest BCUT2D eigenvalue weighted by atomic mass is 16.5. The minimum Gasteiger partial charge on any atom is -0.359 e. The molecule has 2 fully saturated rings.